The lowest BCUT2D eigenvalue weighted by molar-refractivity contribution is 0.0239. The summed E-state index contributed by atoms with van der Waals surface area (Å²) >= 11 is 6.35. The van der Waals surface area contributed by atoms with E-state index >= 15 is 0 Å². The number of pyridine rings is 1. The van der Waals surface area contributed by atoms with Crippen LogP contribution in [0.2, 0.25) is 5.02 Å². The van der Waals surface area contributed by atoms with Gasteiger partial charge in [0, 0.05) is 28.4 Å². The lowest BCUT2D eigenvalue weighted by Crippen LogP contribution is -2.33. The average Bonchev–Trinajstić information content (AvgIpc) is 3.26. The number of fused-ring (bicyclic) bond motifs is 1. The van der Waals surface area contributed by atoms with Crippen molar-refractivity contribution in [3.8, 4) is 22.8 Å². The fourth-order valence-electron chi connectivity index (χ4n) is 3.24. The third-order valence-electron chi connectivity index (χ3n) is 4.63. The summed E-state index contributed by atoms with van der Waals surface area (Å²) in [6, 6.07) is 11.2. The molecule has 7 nitrogen and oxygen atoms in total. The molecular weight excluding hydrogens is 404 g/mol. The molecule has 0 N–H and O–H groups in total. The van der Waals surface area contributed by atoms with Crippen LogP contribution in [0.4, 0.5) is 4.79 Å². The van der Waals surface area contributed by atoms with Gasteiger partial charge in [-0.3, -0.25) is 4.90 Å². The normalized spacial score (nSPS) is 13.3. The van der Waals surface area contributed by atoms with Crippen LogP contribution in [-0.4, -0.2) is 38.5 Å². The fraction of sp³-hybridized carbons (Fsp3) is 0.318. The summed E-state index contributed by atoms with van der Waals surface area (Å²) in [5, 5.41) is 5.19. The Balaban J connectivity index is 1.56. The SMILES string of the molecule is COc1ccc(-c2cc(Cl)cc(-n3cc4c(n3)CN(C(=O)OC(C)(C)C)C4)n2)cc1. The molecule has 1 aliphatic rings. The molecule has 0 atom stereocenters. The molecule has 0 spiro atoms. The molecule has 1 aromatic carbocycles. The molecular formula is C22H23ClN4O3. The molecule has 156 valence electrons. The van der Waals surface area contributed by atoms with E-state index in [0.717, 1.165) is 28.3 Å². The first-order valence-corrected chi connectivity index (χ1v) is 9.97. The first kappa shape index (κ1) is 20.2. The smallest absolute Gasteiger partial charge is 0.410 e. The van der Waals surface area contributed by atoms with E-state index in [0.29, 0.717) is 23.9 Å². The molecule has 0 radical (unpaired) electrons. The Hall–Kier alpha value is -3.06. The Kier molecular flexibility index (Phi) is 5.15. The molecule has 0 aliphatic carbocycles. The van der Waals surface area contributed by atoms with Gasteiger partial charge in [0.25, 0.3) is 0 Å². The lowest BCUT2D eigenvalue weighted by Gasteiger charge is -2.24. The number of hydrogen-bond acceptors (Lipinski definition) is 5. The molecule has 0 fully saturated rings. The molecule has 30 heavy (non-hydrogen) atoms. The van der Waals surface area contributed by atoms with Gasteiger partial charge in [-0.25, -0.2) is 14.5 Å². The van der Waals surface area contributed by atoms with E-state index in [9.17, 15) is 4.79 Å². The third-order valence-corrected chi connectivity index (χ3v) is 4.85. The van der Waals surface area contributed by atoms with Crippen LogP contribution in [0.25, 0.3) is 17.1 Å². The molecule has 3 aromatic rings. The van der Waals surface area contributed by atoms with Crippen LogP contribution >= 0.6 is 11.6 Å². The van der Waals surface area contributed by atoms with Crippen molar-refractivity contribution in [1.29, 1.82) is 0 Å². The summed E-state index contributed by atoms with van der Waals surface area (Å²) in [5.74, 6) is 1.39. The minimum Gasteiger partial charge on any atom is -0.497 e. The third kappa shape index (κ3) is 4.26. The number of ether oxygens (including phenoxy) is 2. The highest BCUT2D eigenvalue weighted by atomic mass is 35.5. The van der Waals surface area contributed by atoms with E-state index < -0.39 is 5.60 Å². The molecule has 1 amide bonds. The minimum absolute atomic E-state index is 0.338. The zero-order valence-electron chi connectivity index (χ0n) is 17.3. The van der Waals surface area contributed by atoms with Crippen LogP contribution in [-0.2, 0) is 17.8 Å². The number of amides is 1. The van der Waals surface area contributed by atoms with Gasteiger partial charge in [-0.1, -0.05) is 11.6 Å². The van der Waals surface area contributed by atoms with E-state index in [2.05, 4.69) is 5.10 Å². The number of halogens is 1. The highest BCUT2D eigenvalue weighted by Crippen LogP contribution is 2.28. The Morgan fingerprint density at radius 2 is 1.87 bits per heavy atom. The van der Waals surface area contributed by atoms with Gasteiger partial charge in [-0.05, 0) is 51.1 Å². The number of nitrogens with zero attached hydrogens (tertiary/aromatic N) is 4. The fourth-order valence-corrected chi connectivity index (χ4v) is 3.44. The molecule has 8 heteroatoms. The van der Waals surface area contributed by atoms with Crippen molar-refractivity contribution in [3.05, 3.63) is 58.9 Å². The van der Waals surface area contributed by atoms with E-state index in [1.807, 2.05) is 57.3 Å². The molecule has 3 heterocycles. The molecule has 2 aromatic heterocycles. The predicted octanol–water partition coefficient (Wildman–Crippen LogP) is 4.85. The largest absolute Gasteiger partial charge is 0.497 e. The van der Waals surface area contributed by atoms with Crippen molar-refractivity contribution in [2.45, 2.75) is 39.5 Å². The number of benzene rings is 1. The number of carbonyl (C=O) groups is 1. The number of methoxy groups -OCH3 is 1. The first-order valence-electron chi connectivity index (χ1n) is 9.59. The van der Waals surface area contributed by atoms with Crippen molar-refractivity contribution in [1.82, 2.24) is 19.7 Å². The second-order valence-electron chi connectivity index (χ2n) is 8.14. The van der Waals surface area contributed by atoms with Gasteiger partial charge in [0.1, 0.15) is 11.4 Å². The highest BCUT2D eigenvalue weighted by molar-refractivity contribution is 6.31. The van der Waals surface area contributed by atoms with Gasteiger partial charge in [-0.2, -0.15) is 5.10 Å². The lowest BCUT2D eigenvalue weighted by atomic mass is 10.1. The van der Waals surface area contributed by atoms with Crippen molar-refractivity contribution in [2.24, 2.45) is 0 Å². The average molecular weight is 427 g/mol. The number of aromatic nitrogens is 3. The van der Waals surface area contributed by atoms with Crippen molar-refractivity contribution in [3.63, 3.8) is 0 Å². The summed E-state index contributed by atoms with van der Waals surface area (Å²) in [6.07, 6.45) is 1.55. The van der Waals surface area contributed by atoms with E-state index in [1.54, 1.807) is 22.8 Å². The van der Waals surface area contributed by atoms with Gasteiger partial charge >= 0.3 is 6.09 Å². The first-order chi connectivity index (χ1) is 14.2. The van der Waals surface area contributed by atoms with Crippen LogP contribution in [0.15, 0.2) is 42.6 Å². The van der Waals surface area contributed by atoms with Crippen LogP contribution in [0.3, 0.4) is 0 Å². The standard InChI is InChI=1S/C22H23ClN4O3/c1-22(2,3)30-21(28)26-11-15-12-27(25-19(15)13-26)20-10-16(23)9-18(24-20)14-5-7-17(29-4)8-6-14/h5-10,12H,11,13H2,1-4H3. The summed E-state index contributed by atoms with van der Waals surface area (Å²) in [7, 11) is 1.63. The second-order valence-corrected chi connectivity index (χ2v) is 8.58. The van der Waals surface area contributed by atoms with Gasteiger partial charge in [0.2, 0.25) is 0 Å². The Morgan fingerprint density at radius 1 is 1.13 bits per heavy atom. The molecule has 4 rings (SSSR count). The van der Waals surface area contributed by atoms with Crippen LogP contribution in [0.5, 0.6) is 5.75 Å². The van der Waals surface area contributed by atoms with Crippen LogP contribution in [0.1, 0.15) is 32.0 Å². The highest BCUT2D eigenvalue weighted by Gasteiger charge is 2.30. The zero-order chi connectivity index (χ0) is 21.5. The Bertz CT molecular complexity index is 1060. The second kappa shape index (κ2) is 7.65. The topological polar surface area (TPSA) is 69.5 Å². The maximum absolute atomic E-state index is 12.3. The van der Waals surface area contributed by atoms with E-state index in [4.69, 9.17) is 26.1 Å². The maximum Gasteiger partial charge on any atom is 0.410 e. The van der Waals surface area contributed by atoms with Gasteiger partial charge in [0.05, 0.1) is 31.6 Å². The molecule has 0 saturated carbocycles. The molecule has 0 bridgehead atoms. The van der Waals surface area contributed by atoms with Crippen molar-refractivity contribution in [2.75, 3.05) is 7.11 Å². The van der Waals surface area contributed by atoms with Crippen LogP contribution < -0.4 is 4.74 Å². The zero-order valence-corrected chi connectivity index (χ0v) is 18.1. The van der Waals surface area contributed by atoms with E-state index in [-0.39, 0.29) is 6.09 Å². The summed E-state index contributed by atoms with van der Waals surface area (Å²) in [5.41, 5.74) is 2.93. The summed E-state index contributed by atoms with van der Waals surface area (Å²) in [6.45, 7) is 6.42. The molecule has 0 unspecified atom stereocenters. The quantitative estimate of drug-likeness (QED) is 0.599. The van der Waals surface area contributed by atoms with Crippen molar-refractivity contribution >= 4 is 17.7 Å². The minimum atomic E-state index is -0.528. The summed E-state index contributed by atoms with van der Waals surface area (Å²) in [4.78, 5) is 18.7. The molecule has 0 saturated heterocycles. The van der Waals surface area contributed by atoms with Gasteiger partial charge in [0.15, 0.2) is 5.82 Å². The monoisotopic (exact) mass is 426 g/mol. The predicted molar refractivity (Wildman–Crippen MR) is 114 cm³/mol. The number of rotatable bonds is 3. The number of carbonyl (C=O) groups excluding carboxylic acids is 1. The van der Waals surface area contributed by atoms with Gasteiger partial charge < -0.3 is 9.47 Å². The van der Waals surface area contributed by atoms with E-state index in [1.165, 1.54) is 0 Å². The van der Waals surface area contributed by atoms with Crippen LogP contribution in [0, 0.1) is 0 Å². The maximum atomic E-state index is 12.3. The van der Waals surface area contributed by atoms with Crippen molar-refractivity contribution < 1.29 is 14.3 Å². The number of hydrogen-bond donors (Lipinski definition) is 0. The molecule has 1 aliphatic heterocycles. The summed E-state index contributed by atoms with van der Waals surface area (Å²) < 4.78 is 12.4. The van der Waals surface area contributed by atoms with Gasteiger partial charge in [-0.15, -0.1) is 0 Å². The Morgan fingerprint density at radius 3 is 2.50 bits per heavy atom. The Labute approximate surface area is 180 Å².